The molecule has 0 saturated carbocycles. The monoisotopic (exact) mass is 214 g/mol. The molecule has 0 unspecified atom stereocenters. The van der Waals surface area contributed by atoms with Gasteiger partial charge in [-0.05, 0) is 6.07 Å². The van der Waals surface area contributed by atoms with Gasteiger partial charge in [0.2, 0.25) is 5.88 Å². The van der Waals surface area contributed by atoms with E-state index in [9.17, 15) is 13.2 Å². The predicted molar refractivity (Wildman–Crippen MR) is 46.2 cm³/mol. The molecule has 2 N–H and O–H groups in total. The lowest BCUT2D eigenvalue weighted by molar-refractivity contribution is 0.436. The molecule has 0 aliphatic rings. The largest absolute Gasteiger partial charge is 0.367 e. The molecule has 0 aliphatic carbocycles. The zero-order valence-corrected chi connectivity index (χ0v) is 7.30. The first-order chi connectivity index (χ1) is 7.09. The molecule has 1 aromatic heterocycles. The summed E-state index contributed by atoms with van der Waals surface area (Å²) in [6, 6.07) is 1.14. The van der Waals surface area contributed by atoms with Crippen LogP contribution in [0.15, 0.2) is 22.9 Å². The molecule has 0 bridgehead atoms. The van der Waals surface area contributed by atoms with E-state index < -0.39 is 17.5 Å². The van der Waals surface area contributed by atoms with E-state index in [2.05, 4.69) is 9.68 Å². The van der Waals surface area contributed by atoms with E-state index in [1.807, 2.05) is 0 Å². The maximum absolute atomic E-state index is 13.2. The van der Waals surface area contributed by atoms with Gasteiger partial charge in [0.15, 0.2) is 11.6 Å². The van der Waals surface area contributed by atoms with E-state index in [-0.39, 0.29) is 17.0 Å². The Morgan fingerprint density at radius 1 is 1.00 bits per heavy atom. The Bertz CT molecular complexity index is 510. The molecule has 0 atom stereocenters. The van der Waals surface area contributed by atoms with Gasteiger partial charge in [-0.25, -0.2) is 13.2 Å². The Labute approximate surface area is 82.3 Å². The molecule has 0 aliphatic heterocycles. The number of hydrogen-bond donors (Lipinski definition) is 1. The molecule has 0 radical (unpaired) electrons. The SMILES string of the molecule is Nc1oncc1-c1cc(F)c(F)cc1F. The minimum Gasteiger partial charge on any atom is -0.367 e. The second kappa shape index (κ2) is 3.30. The highest BCUT2D eigenvalue weighted by molar-refractivity contribution is 5.72. The smallest absolute Gasteiger partial charge is 0.230 e. The van der Waals surface area contributed by atoms with Crippen LogP contribution in [-0.4, -0.2) is 5.16 Å². The molecule has 2 rings (SSSR count). The van der Waals surface area contributed by atoms with E-state index in [1.165, 1.54) is 0 Å². The number of rotatable bonds is 1. The minimum atomic E-state index is -1.26. The Balaban J connectivity index is 2.64. The van der Waals surface area contributed by atoms with Gasteiger partial charge in [0.1, 0.15) is 5.82 Å². The van der Waals surface area contributed by atoms with Gasteiger partial charge in [0.05, 0.1) is 11.8 Å². The van der Waals surface area contributed by atoms with E-state index in [0.717, 1.165) is 6.20 Å². The Morgan fingerprint density at radius 2 is 1.67 bits per heavy atom. The van der Waals surface area contributed by atoms with Gasteiger partial charge >= 0.3 is 0 Å². The molecular weight excluding hydrogens is 209 g/mol. The summed E-state index contributed by atoms with van der Waals surface area (Å²) in [4.78, 5) is 0. The van der Waals surface area contributed by atoms with Crippen LogP contribution >= 0.6 is 0 Å². The third-order valence-corrected chi connectivity index (χ3v) is 1.90. The third kappa shape index (κ3) is 1.54. The first-order valence-corrected chi connectivity index (χ1v) is 3.94. The lowest BCUT2D eigenvalue weighted by Gasteiger charge is -2.01. The average Bonchev–Trinajstić information content (AvgIpc) is 2.58. The second-order valence-corrected chi connectivity index (χ2v) is 2.85. The van der Waals surface area contributed by atoms with Crippen molar-refractivity contribution in [2.24, 2.45) is 0 Å². The number of anilines is 1. The molecular formula is C9H5F3N2O. The quantitative estimate of drug-likeness (QED) is 0.741. The van der Waals surface area contributed by atoms with Gasteiger partial charge in [-0.2, -0.15) is 0 Å². The fourth-order valence-electron chi connectivity index (χ4n) is 1.18. The maximum Gasteiger partial charge on any atom is 0.230 e. The van der Waals surface area contributed by atoms with Crippen LogP contribution in [0.2, 0.25) is 0 Å². The van der Waals surface area contributed by atoms with Crippen molar-refractivity contribution in [3.05, 3.63) is 35.8 Å². The molecule has 3 nitrogen and oxygen atoms in total. The molecule has 1 aromatic carbocycles. The van der Waals surface area contributed by atoms with Gasteiger partial charge in [0, 0.05) is 11.6 Å². The van der Waals surface area contributed by atoms with Crippen LogP contribution in [0.25, 0.3) is 11.1 Å². The van der Waals surface area contributed by atoms with Gasteiger partial charge in [-0.15, -0.1) is 0 Å². The zero-order chi connectivity index (χ0) is 11.0. The molecule has 6 heteroatoms. The predicted octanol–water partition coefficient (Wildman–Crippen LogP) is 2.34. The number of aromatic nitrogens is 1. The van der Waals surface area contributed by atoms with Crippen molar-refractivity contribution in [3.63, 3.8) is 0 Å². The van der Waals surface area contributed by atoms with Gasteiger partial charge < -0.3 is 10.3 Å². The number of hydrogen-bond acceptors (Lipinski definition) is 3. The van der Waals surface area contributed by atoms with Gasteiger partial charge in [-0.3, -0.25) is 0 Å². The maximum atomic E-state index is 13.2. The van der Waals surface area contributed by atoms with Crippen molar-refractivity contribution in [1.29, 1.82) is 0 Å². The molecule has 1 heterocycles. The van der Waals surface area contributed by atoms with Crippen molar-refractivity contribution < 1.29 is 17.7 Å². The van der Waals surface area contributed by atoms with Gasteiger partial charge in [0.25, 0.3) is 0 Å². The summed E-state index contributed by atoms with van der Waals surface area (Å²) < 4.78 is 43.2. The zero-order valence-electron chi connectivity index (χ0n) is 7.30. The van der Waals surface area contributed by atoms with Crippen LogP contribution in [0, 0.1) is 17.5 Å². The number of nitrogen functional groups attached to an aromatic ring is 1. The summed E-state index contributed by atoms with van der Waals surface area (Å²) in [7, 11) is 0. The Morgan fingerprint density at radius 3 is 2.27 bits per heavy atom. The first-order valence-electron chi connectivity index (χ1n) is 3.94. The van der Waals surface area contributed by atoms with Crippen LogP contribution in [-0.2, 0) is 0 Å². The van der Waals surface area contributed by atoms with Crippen LogP contribution in [0.4, 0.5) is 19.1 Å². The summed E-state index contributed by atoms with van der Waals surface area (Å²) >= 11 is 0. The fourth-order valence-corrected chi connectivity index (χ4v) is 1.18. The highest BCUT2D eigenvalue weighted by Crippen LogP contribution is 2.29. The average molecular weight is 214 g/mol. The van der Waals surface area contributed by atoms with Crippen LogP contribution in [0.5, 0.6) is 0 Å². The molecule has 0 spiro atoms. The standard InChI is InChI=1S/C9H5F3N2O/c10-6-2-8(12)7(11)1-4(6)5-3-14-15-9(5)13/h1-3H,13H2. The normalized spacial score (nSPS) is 10.6. The van der Waals surface area contributed by atoms with Crippen molar-refractivity contribution in [1.82, 2.24) is 5.16 Å². The van der Waals surface area contributed by atoms with Crippen molar-refractivity contribution in [3.8, 4) is 11.1 Å². The molecule has 0 fully saturated rings. The summed E-state index contributed by atoms with van der Waals surface area (Å²) in [5.41, 5.74) is 5.22. The molecule has 15 heavy (non-hydrogen) atoms. The lowest BCUT2D eigenvalue weighted by Crippen LogP contribution is -1.92. The molecule has 0 amide bonds. The number of halogens is 3. The minimum absolute atomic E-state index is 0.0893. The van der Waals surface area contributed by atoms with Gasteiger partial charge in [-0.1, -0.05) is 5.16 Å². The van der Waals surface area contributed by atoms with Crippen LogP contribution < -0.4 is 5.73 Å². The van der Waals surface area contributed by atoms with Crippen molar-refractivity contribution in [2.45, 2.75) is 0 Å². The van der Waals surface area contributed by atoms with E-state index in [0.29, 0.717) is 12.1 Å². The lowest BCUT2D eigenvalue weighted by atomic mass is 10.1. The van der Waals surface area contributed by atoms with E-state index in [4.69, 9.17) is 5.73 Å². The number of nitrogens with zero attached hydrogens (tertiary/aromatic N) is 1. The molecule has 2 aromatic rings. The highest BCUT2D eigenvalue weighted by atomic mass is 19.2. The highest BCUT2D eigenvalue weighted by Gasteiger charge is 2.15. The Hall–Kier alpha value is -1.98. The summed E-state index contributed by atoms with van der Waals surface area (Å²) in [5.74, 6) is -3.50. The van der Waals surface area contributed by atoms with Crippen LogP contribution in [0.3, 0.4) is 0 Å². The number of nitrogens with two attached hydrogens (primary N) is 1. The summed E-state index contributed by atoms with van der Waals surface area (Å²) in [6.45, 7) is 0. The first kappa shape index (κ1) is 9.57. The molecule has 78 valence electrons. The third-order valence-electron chi connectivity index (χ3n) is 1.90. The number of benzene rings is 1. The van der Waals surface area contributed by atoms with Crippen molar-refractivity contribution >= 4 is 5.88 Å². The van der Waals surface area contributed by atoms with Crippen molar-refractivity contribution in [2.75, 3.05) is 5.73 Å². The summed E-state index contributed by atoms with van der Waals surface area (Å²) in [6.07, 6.45) is 1.13. The topological polar surface area (TPSA) is 52.0 Å². The van der Waals surface area contributed by atoms with E-state index in [1.54, 1.807) is 0 Å². The van der Waals surface area contributed by atoms with Crippen LogP contribution in [0.1, 0.15) is 0 Å². The Kier molecular flexibility index (Phi) is 2.11. The van der Waals surface area contributed by atoms with E-state index >= 15 is 0 Å². The second-order valence-electron chi connectivity index (χ2n) is 2.85. The molecule has 0 saturated heterocycles. The summed E-state index contributed by atoms with van der Waals surface area (Å²) in [5, 5.41) is 3.31. The fraction of sp³-hybridized carbons (Fsp3) is 0.